The summed E-state index contributed by atoms with van der Waals surface area (Å²) in [5, 5.41) is 0. The SMILES string of the molecule is Cc1ccc(C2CCC2)cc1C(C)C. The van der Waals surface area contributed by atoms with Crippen LogP contribution < -0.4 is 0 Å². The smallest absolute Gasteiger partial charge is 0.0162 e. The van der Waals surface area contributed by atoms with Gasteiger partial charge < -0.3 is 0 Å². The van der Waals surface area contributed by atoms with Crippen LogP contribution >= 0.6 is 0 Å². The van der Waals surface area contributed by atoms with E-state index in [1.54, 1.807) is 5.56 Å². The van der Waals surface area contributed by atoms with Crippen LogP contribution in [-0.4, -0.2) is 0 Å². The van der Waals surface area contributed by atoms with Crippen molar-refractivity contribution in [1.29, 1.82) is 0 Å². The Bertz CT molecular complexity index is 319. The summed E-state index contributed by atoms with van der Waals surface area (Å²) in [6, 6.07) is 7.05. The Morgan fingerprint density at radius 2 is 1.93 bits per heavy atom. The second-order valence-corrected chi connectivity index (χ2v) is 4.90. The highest BCUT2D eigenvalue weighted by molar-refractivity contribution is 5.35. The molecule has 1 aromatic rings. The van der Waals surface area contributed by atoms with Crippen LogP contribution in [0.2, 0.25) is 0 Å². The van der Waals surface area contributed by atoms with Gasteiger partial charge in [-0.2, -0.15) is 0 Å². The first kappa shape index (κ1) is 9.76. The normalized spacial score (nSPS) is 17.1. The van der Waals surface area contributed by atoms with Crippen molar-refractivity contribution in [2.24, 2.45) is 0 Å². The topological polar surface area (TPSA) is 0 Å². The van der Waals surface area contributed by atoms with Gasteiger partial charge in [0.1, 0.15) is 0 Å². The van der Waals surface area contributed by atoms with Gasteiger partial charge in [-0.25, -0.2) is 0 Å². The Hall–Kier alpha value is -0.780. The highest BCUT2D eigenvalue weighted by Crippen LogP contribution is 2.37. The van der Waals surface area contributed by atoms with Crippen LogP contribution in [0.4, 0.5) is 0 Å². The second kappa shape index (κ2) is 3.76. The summed E-state index contributed by atoms with van der Waals surface area (Å²) in [7, 11) is 0. The molecule has 0 amide bonds. The van der Waals surface area contributed by atoms with Crippen molar-refractivity contribution in [1.82, 2.24) is 0 Å². The average molecular weight is 188 g/mol. The van der Waals surface area contributed by atoms with Crippen molar-refractivity contribution < 1.29 is 0 Å². The average Bonchev–Trinajstić information content (AvgIpc) is 2.04. The number of aryl methyl sites for hydroxylation is 1. The van der Waals surface area contributed by atoms with Gasteiger partial charge in [0.15, 0.2) is 0 Å². The van der Waals surface area contributed by atoms with Crippen molar-refractivity contribution >= 4 is 0 Å². The fourth-order valence-corrected chi connectivity index (χ4v) is 2.28. The molecule has 1 fully saturated rings. The highest BCUT2D eigenvalue weighted by atomic mass is 14.2. The van der Waals surface area contributed by atoms with Crippen LogP contribution in [0.3, 0.4) is 0 Å². The predicted octanol–water partition coefficient (Wildman–Crippen LogP) is 4.39. The van der Waals surface area contributed by atoms with Crippen LogP contribution in [0.15, 0.2) is 18.2 Å². The lowest BCUT2D eigenvalue weighted by atomic mass is 9.78. The maximum Gasteiger partial charge on any atom is -0.0162 e. The molecule has 0 N–H and O–H groups in total. The molecule has 76 valence electrons. The zero-order valence-corrected chi connectivity index (χ0v) is 9.51. The molecule has 1 saturated carbocycles. The second-order valence-electron chi connectivity index (χ2n) is 4.90. The van der Waals surface area contributed by atoms with Crippen molar-refractivity contribution in [3.63, 3.8) is 0 Å². The van der Waals surface area contributed by atoms with E-state index in [9.17, 15) is 0 Å². The van der Waals surface area contributed by atoms with Crippen molar-refractivity contribution in [2.75, 3.05) is 0 Å². The third-order valence-electron chi connectivity index (χ3n) is 3.50. The first-order valence-corrected chi connectivity index (χ1v) is 5.79. The van der Waals surface area contributed by atoms with Gasteiger partial charge in [0, 0.05) is 0 Å². The number of rotatable bonds is 2. The van der Waals surface area contributed by atoms with E-state index in [1.165, 1.54) is 30.4 Å². The molecule has 0 saturated heterocycles. The van der Waals surface area contributed by atoms with Crippen LogP contribution in [-0.2, 0) is 0 Å². The molecule has 0 bridgehead atoms. The van der Waals surface area contributed by atoms with Crippen LogP contribution in [0.1, 0.15) is 61.6 Å². The van der Waals surface area contributed by atoms with Gasteiger partial charge in [-0.05, 0) is 48.3 Å². The van der Waals surface area contributed by atoms with E-state index < -0.39 is 0 Å². The minimum absolute atomic E-state index is 0.662. The molecular formula is C14H20. The summed E-state index contributed by atoms with van der Waals surface area (Å²) in [4.78, 5) is 0. The van der Waals surface area contributed by atoms with Gasteiger partial charge in [0.25, 0.3) is 0 Å². The molecule has 1 aliphatic carbocycles. The summed E-state index contributed by atoms with van der Waals surface area (Å²) in [5.74, 6) is 1.53. The lowest BCUT2D eigenvalue weighted by Gasteiger charge is -2.27. The fraction of sp³-hybridized carbons (Fsp3) is 0.571. The summed E-state index contributed by atoms with van der Waals surface area (Å²) >= 11 is 0. The monoisotopic (exact) mass is 188 g/mol. The molecule has 1 aliphatic rings. The van der Waals surface area contributed by atoms with E-state index in [-0.39, 0.29) is 0 Å². The first-order valence-electron chi connectivity index (χ1n) is 5.79. The predicted molar refractivity (Wildman–Crippen MR) is 61.9 cm³/mol. The molecule has 0 nitrogen and oxygen atoms in total. The van der Waals surface area contributed by atoms with Gasteiger partial charge in [-0.3, -0.25) is 0 Å². The van der Waals surface area contributed by atoms with E-state index in [0.717, 1.165) is 5.92 Å². The standard InChI is InChI=1S/C14H20/c1-10(2)14-9-13(8-7-11(14)3)12-5-4-6-12/h7-10,12H,4-6H2,1-3H3. The third-order valence-corrected chi connectivity index (χ3v) is 3.50. The Balaban J connectivity index is 2.30. The Labute approximate surface area is 87.3 Å². The van der Waals surface area contributed by atoms with Gasteiger partial charge in [0.05, 0.1) is 0 Å². The van der Waals surface area contributed by atoms with E-state index in [2.05, 4.69) is 39.0 Å². The quantitative estimate of drug-likeness (QED) is 0.646. The zero-order valence-electron chi connectivity index (χ0n) is 9.51. The molecule has 0 atom stereocenters. The Morgan fingerprint density at radius 1 is 1.21 bits per heavy atom. The molecule has 0 spiro atoms. The molecule has 0 aromatic heterocycles. The molecule has 0 heterocycles. The molecule has 0 unspecified atom stereocenters. The zero-order chi connectivity index (χ0) is 10.1. The highest BCUT2D eigenvalue weighted by Gasteiger charge is 2.20. The van der Waals surface area contributed by atoms with Gasteiger partial charge >= 0.3 is 0 Å². The Kier molecular flexibility index (Phi) is 2.62. The first-order chi connectivity index (χ1) is 6.68. The summed E-state index contributed by atoms with van der Waals surface area (Å²) in [6.07, 6.45) is 4.23. The van der Waals surface area contributed by atoms with Gasteiger partial charge in [-0.1, -0.05) is 38.5 Å². The Morgan fingerprint density at radius 3 is 2.43 bits per heavy atom. The molecule has 0 aliphatic heterocycles. The molecule has 0 radical (unpaired) electrons. The van der Waals surface area contributed by atoms with Crippen molar-refractivity contribution in [3.05, 3.63) is 34.9 Å². The minimum Gasteiger partial charge on any atom is -0.0588 e. The lowest BCUT2D eigenvalue weighted by Crippen LogP contribution is -2.09. The summed E-state index contributed by atoms with van der Waals surface area (Å²) in [5.41, 5.74) is 4.56. The number of hydrogen-bond donors (Lipinski definition) is 0. The minimum atomic E-state index is 0.662. The largest absolute Gasteiger partial charge is 0.0588 e. The fourth-order valence-electron chi connectivity index (χ4n) is 2.28. The van der Waals surface area contributed by atoms with Gasteiger partial charge in [0.2, 0.25) is 0 Å². The lowest BCUT2D eigenvalue weighted by molar-refractivity contribution is 0.419. The third kappa shape index (κ3) is 1.70. The maximum atomic E-state index is 2.43. The maximum absolute atomic E-state index is 2.43. The summed E-state index contributed by atoms with van der Waals surface area (Å²) in [6.45, 7) is 6.79. The molecule has 14 heavy (non-hydrogen) atoms. The number of benzene rings is 1. The van der Waals surface area contributed by atoms with E-state index in [1.807, 2.05) is 0 Å². The summed E-state index contributed by atoms with van der Waals surface area (Å²) < 4.78 is 0. The van der Waals surface area contributed by atoms with E-state index in [0.29, 0.717) is 5.92 Å². The number of hydrogen-bond acceptors (Lipinski definition) is 0. The molecule has 2 rings (SSSR count). The van der Waals surface area contributed by atoms with E-state index >= 15 is 0 Å². The van der Waals surface area contributed by atoms with Gasteiger partial charge in [-0.15, -0.1) is 0 Å². The van der Waals surface area contributed by atoms with Crippen molar-refractivity contribution in [3.8, 4) is 0 Å². The van der Waals surface area contributed by atoms with Crippen molar-refractivity contribution in [2.45, 2.75) is 51.9 Å². The molecule has 1 aromatic carbocycles. The molecular weight excluding hydrogens is 168 g/mol. The van der Waals surface area contributed by atoms with Crippen LogP contribution in [0.5, 0.6) is 0 Å². The van der Waals surface area contributed by atoms with Crippen LogP contribution in [0.25, 0.3) is 0 Å². The molecule has 0 heteroatoms. The van der Waals surface area contributed by atoms with E-state index in [4.69, 9.17) is 0 Å². The van der Waals surface area contributed by atoms with Crippen LogP contribution in [0, 0.1) is 6.92 Å².